The Balaban J connectivity index is 1.61. The van der Waals surface area contributed by atoms with E-state index < -0.39 is 0 Å². The fraction of sp³-hybridized carbons (Fsp3) is 0.600. The highest BCUT2D eigenvalue weighted by atomic mass is 16.2. The van der Waals surface area contributed by atoms with E-state index in [-0.39, 0.29) is 23.8 Å². The van der Waals surface area contributed by atoms with Gasteiger partial charge in [0.1, 0.15) is 0 Å². The Kier molecular flexibility index (Phi) is 6.42. The number of carbonyl (C=O) groups is 3. The van der Waals surface area contributed by atoms with E-state index in [9.17, 15) is 14.4 Å². The minimum atomic E-state index is -0.162. The molecule has 27 heavy (non-hydrogen) atoms. The summed E-state index contributed by atoms with van der Waals surface area (Å²) in [5.41, 5.74) is 0.840. The molecule has 1 N–H and O–H groups in total. The average molecular weight is 372 g/mol. The molecule has 1 saturated carbocycles. The summed E-state index contributed by atoms with van der Waals surface area (Å²) >= 11 is 0. The molecule has 1 aliphatic heterocycles. The number of carbonyl (C=O) groups excluding carboxylic acids is 3. The van der Waals surface area contributed by atoms with Crippen LogP contribution < -0.4 is 5.32 Å². The molecule has 3 amide bonds. The van der Waals surface area contributed by atoms with Crippen LogP contribution in [-0.2, 0) is 4.79 Å². The summed E-state index contributed by atoms with van der Waals surface area (Å²) in [6.45, 7) is 3.61. The fourth-order valence-electron chi connectivity index (χ4n) is 3.78. The predicted molar refractivity (Wildman–Crippen MR) is 101 cm³/mol. The average Bonchev–Trinajstić information content (AvgIpc) is 2.96. The van der Waals surface area contributed by atoms with Crippen LogP contribution in [0.1, 0.15) is 66.2 Å². The zero-order valence-electron chi connectivity index (χ0n) is 15.9. The summed E-state index contributed by atoms with van der Waals surface area (Å²) in [5, 5.41) is 3.09. The second-order valence-electron chi connectivity index (χ2n) is 7.42. The highest BCUT2D eigenvalue weighted by Gasteiger charge is 2.24. The normalized spacial score (nSPS) is 18.7. The van der Waals surface area contributed by atoms with Gasteiger partial charge in [-0.05, 0) is 18.9 Å². The van der Waals surface area contributed by atoms with Gasteiger partial charge in [-0.25, -0.2) is 0 Å². The number of hydrogen-bond donors (Lipinski definition) is 1. The number of rotatable bonds is 3. The van der Waals surface area contributed by atoms with Gasteiger partial charge in [0, 0.05) is 51.5 Å². The highest BCUT2D eigenvalue weighted by molar-refractivity contribution is 5.99. The van der Waals surface area contributed by atoms with Crippen molar-refractivity contribution >= 4 is 17.7 Å². The number of pyridine rings is 1. The molecule has 2 fully saturated rings. The summed E-state index contributed by atoms with van der Waals surface area (Å²) < 4.78 is 0. The Morgan fingerprint density at radius 1 is 0.926 bits per heavy atom. The van der Waals surface area contributed by atoms with Gasteiger partial charge in [0.05, 0.1) is 11.1 Å². The van der Waals surface area contributed by atoms with Crippen molar-refractivity contribution < 1.29 is 14.4 Å². The van der Waals surface area contributed by atoms with E-state index in [0.717, 1.165) is 25.7 Å². The van der Waals surface area contributed by atoms with E-state index in [4.69, 9.17) is 0 Å². The smallest absolute Gasteiger partial charge is 0.255 e. The Hall–Kier alpha value is -2.44. The van der Waals surface area contributed by atoms with Gasteiger partial charge in [0.2, 0.25) is 5.91 Å². The van der Waals surface area contributed by atoms with E-state index in [2.05, 4.69) is 10.3 Å². The molecule has 146 valence electrons. The first-order chi connectivity index (χ1) is 13.0. The Morgan fingerprint density at radius 3 is 2.15 bits per heavy atom. The first-order valence-corrected chi connectivity index (χ1v) is 9.85. The van der Waals surface area contributed by atoms with Crippen LogP contribution in [0, 0.1) is 0 Å². The van der Waals surface area contributed by atoms with E-state index in [1.54, 1.807) is 15.9 Å². The number of nitrogens with one attached hydrogen (secondary N) is 1. The van der Waals surface area contributed by atoms with Gasteiger partial charge in [-0.1, -0.05) is 25.7 Å². The first kappa shape index (κ1) is 19.3. The number of amides is 3. The summed E-state index contributed by atoms with van der Waals surface area (Å²) in [6, 6.07) is 1.83. The van der Waals surface area contributed by atoms with Crippen molar-refractivity contribution in [1.29, 1.82) is 0 Å². The Labute approximate surface area is 160 Å². The molecule has 0 unspecified atom stereocenters. The van der Waals surface area contributed by atoms with Crippen molar-refractivity contribution in [2.24, 2.45) is 0 Å². The zero-order valence-corrected chi connectivity index (χ0v) is 15.9. The van der Waals surface area contributed by atoms with Crippen LogP contribution in [-0.4, -0.2) is 64.7 Å². The molecule has 7 heteroatoms. The van der Waals surface area contributed by atoms with Gasteiger partial charge in [-0.2, -0.15) is 0 Å². The number of nitrogens with zero attached hydrogens (tertiary/aromatic N) is 3. The minimum absolute atomic E-state index is 0.0287. The number of aromatic nitrogens is 1. The number of hydrogen-bond acceptors (Lipinski definition) is 4. The van der Waals surface area contributed by atoms with E-state index in [0.29, 0.717) is 37.3 Å². The zero-order chi connectivity index (χ0) is 19.2. The van der Waals surface area contributed by atoms with Crippen LogP contribution in [0.3, 0.4) is 0 Å². The standard InChI is InChI=1S/C20H28N4O3/c1-15(25)23-8-10-24(11-9-23)20(27)17-12-16(13-21-14-17)19(26)22-18-6-4-2-3-5-7-18/h12-14,18H,2-11H2,1H3,(H,22,26). The lowest BCUT2D eigenvalue weighted by atomic mass is 10.1. The largest absolute Gasteiger partial charge is 0.349 e. The van der Waals surface area contributed by atoms with Crippen LogP contribution in [0.25, 0.3) is 0 Å². The summed E-state index contributed by atoms with van der Waals surface area (Å²) in [7, 11) is 0. The van der Waals surface area contributed by atoms with E-state index >= 15 is 0 Å². The lowest BCUT2D eigenvalue weighted by Gasteiger charge is -2.34. The summed E-state index contributed by atoms with van der Waals surface area (Å²) in [4.78, 5) is 44.3. The van der Waals surface area contributed by atoms with Gasteiger partial charge in [0.25, 0.3) is 11.8 Å². The molecular weight excluding hydrogens is 344 g/mol. The van der Waals surface area contributed by atoms with Crippen LogP contribution in [0.2, 0.25) is 0 Å². The topological polar surface area (TPSA) is 82.6 Å². The minimum Gasteiger partial charge on any atom is -0.349 e. The van der Waals surface area contributed by atoms with Crippen LogP contribution in [0.5, 0.6) is 0 Å². The second-order valence-corrected chi connectivity index (χ2v) is 7.42. The molecule has 0 radical (unpaired) electrons. The van der Waals surface area contributed by atoms with Crippen molar-refractivity contribution in [2.45, 2.75) is 51.5 Å². The SMILES string of the molecule is CC(=O)N1CCN(C(=O)c2cncc(C(=O)NC3CCCCCC3)c2)CC1. The third-order valence-corrected chi connectivity index (χ3v) is 5.45. The molecule has 2 aliphatic rings. The predicted octanol–water partition coefficient (Wildman–Crippen LogP) is 1.84. The third kappa shape index (κ3) is 5.05. The van der Waals surface area contributed by atoms with E-state index in [1.807, 2.05) is 0 Å². The Morgan fingerprint density at radius 2 is 1.52 bits per heavy atom. The molecule has 2 heterocycles. The first-order valence-electron chi connectivity index (χ1n) is 9.85. The molecule has 0 spiro atoms. The maximum atomic E-state index is 12.7. The van der Waals surface area contributed by atoms with E-state index in [1.165, 1.54) is 32.2 Å². The van der Waals surface area contributed by atoms with Gasteiger partial charge in [-0.3, -0.25) is 19.4 Å². The highest BCUT2D eigenvalue weighted by Crippen LogP contribution is 2.18. The maximum absolute atomic E-state index is 12.7. The third-order valence-electron chi connectivity index (χ3n) is 5.45. The summed E-state index contributed by atoms with van der Waals surface area (Å²) in [6.07, 6.45) is 9.79. The molecule has 1 saturated heterocycles. The van der Waals surface area contributed by atoms with Crippen molar-refractivity contribution in [3.63, 3.8) is 0 Å². The lowest BCUT2D eigenvalue weighted by molar-refractivity contribution is -0.130. The lowest BCUT2D eigenvalue weighted by Crippen LogP contribution is -2.50. The van der Waals surface area contributed by atoms with Crippen LogP contribution in [0.15, 0.2) is 18.5 Å². The fourth-order valence-corrected chi connectivity index (χ4v) is 3.78. The monoisotopic (exact) mass is 372 g/mol. The molecule has 1 aliphatic carbocycles. The Bertz CT molecular complexity index is 690. The van der Waals surface area contributed by atoms with Crippen LogP contribution >= 0.6 is 0 Å². The molecular formula is C20H28N4O3. The summed E-state index contributed by atoms with van der Waals surface area (Å²) in [5.74, 6) is -0.277. The van der Waals surface area contributed by atoms with Gasteiger partial charge in [0.15, 0.2) is 0 Å². The molecule has 7 nitrogen and oxygen atoms in total. The molecule has 0 atom stereocenters. The van der Waals surface area contributed by atoms with Crippen molar-refractivity contribution in [1.82, 2.24) is 20.1 Å². The van der Waals surface area contributed by atoms with Crippen molar-refractivity contribution in [3.05, 3.63) is 29.6 Å². The molecule has 1 aromatic heterocycles. The molecule has 1 aromatic rings. The number of piperazine rings is 1. The molecule has 0 aromatic carbocycles. The van der Waals surface area contributed by atoms with Crippen molar-refractivity contribution in [3.8, 4) is 0 Å². The maximum Gasteiger partial charge on any atom is 0.255 e. The quantitative estimate of drug-likeness (QED) is 0.821. The van der Waals surface area contributed by atoms with Crippen LogP contribution in [0.4, 0.5) is 0 Å². The van der Waals surface area contributed by atoms with Gasteiger partial charge in [-0.15, -0.1) is 0 Å². The molecule has 3 rings (SSSR count). The van der Waals surface area contributed by atoms with Gasteiger partial charge < -0.3 is 15.1 Å². The molecule has 0 bridgehead atoms. The van der Waals surface area contributed by atoms with Crippen molar-refractivity contribution in [2.75, 3.05) is 26.2 Å². The second kappa shape index (κ2) is 8.97. The van der Waals surface area contributed by atoms with Gasteiger partial charge >= 0.3 is 0 Å².